The van der Waals surface area contributed by atoms with Crippen molar-refractivity contribution in [1.82, 2.24) is 20.3 Å². The predicted octanol–water partition coefficient (Wildman–Crippen LogP) is 0.958. The highest BCUT2D eigenvalue weighted by Gasteiger charge is 2.12. The maximum atomic E-state index is 4.33. The summed E-state index contributed by atoms with van der Waals surface area (Å²) in [6, 6.07) is 5.89. The molecule has 6 nitrogen and oxygen atoms in total. The maximum absolute atomic E-state index is 4.33. The van der Waals surface area contributed by atoms with E-state index in [0.29, 0.717) is 0 Å². The monoisotopic (exact) mass is 244 g/mol. The van der Waals surface area contributed by atoms with Crippen molar-refractivity contribution in [3.8, 4) is 0 Å². The van der Waals surface area contributed by atoms with Crippen molar-refractivity contribution in [2.75, 3.05) is 36.4 Å². The fraction of sp³-hybridized carbons (Fsp3) is 0.333. The average Bonchev–Trinajstić information content (AvgIpc) is 2.93. The van der Waals surface area contributed by atoms with E-state index in [-0.39, 0.29) is 0 Å². The zero-order valence-electron chi connectivity index (χ0n) is 10.1. The van der Waals surface area contributed by atoms with Gasteiger partial charge in [0.1, 0.15) is 23.8 Å². The summed E-state index contributed by atoms with van der Waals surface area (Å²) in [5.74, 6) is 2.71. The highest BCUT2D eigenvalue weighted by atomic mass is 15.2. The Bertz CT molecular complexity index is 489. The maximum Gasteiger partial charge on any atom is 0.136 e. The molecule has 1 saturated heterocycles. The summed E-state index contributed by atoms with van der Waals surface area (Å²) in [6.07, 6.45) is 3.48. The molecule has 2 aromatic heterocycles. The van der Waals surface area contributed by atoms with E-state index in [0.717, 1.165) is 43.6 Å². The summed E-state index contributed by atoms with van der Waals surface area (Å²) in [5.41, 5.74) is 0. The highest BCUT2D eigenvalue weighted by Crippen LogP contribution is 2.17. The quantitative estimate of drug-likeness (QED) is 0.750. The topological polar surface area (TPSA) is 68.9 Å². The van der Waals surface area contributed by atoms with Crippen molar-refractivity contribution < 1.29 is 0 Å². The Morgan fingerprint density at radius 2 is 2.11 bits per heavy atom. The van der Waals surface area contributed by atoms with Crippen LogP contribution >= 0.6 is 0 Å². The van der Waals surface area contributed by atoms with E-state index in [2.05, 4.69) is 30.5 Å². The average molecular weight is 244 g/mol. The van der Waals surface area contributed by atoms with Crippen LogP contribution in [0.4, 0.5) is 17.5 Å². The van der Waals surface area contributed by atoms with Gasteiger partial charge in [0.05, 0.1) is 0 Å². The highest BCUT2D eigenvalue weighted by molar-refractivity contribution is 5.56. The summed E-state index contributed by atoms with van der Waals surface area (Å²) in [4.78, 5) is 13.9. The van der Waals surface area contributed by atoms with E-state index in [1.165, 1.54) is 0 Å². The predicted molar refractivity (Wildman–Crippen MR) is 71.2 cm³/mol. The first-order chi connectivity index (χ1) is 8.92. The molecule has 0 bridgehead atoms. The minimum Gasteiger partial charge on any atom is -0.354 e. The van der Waals surface area contributed by atoms with Gasteiger partial charge >= 0.3 is 0 Å². The van der Waals surface area contributed by atoms with Crippen LogP contribution in [0.25, 0.3) is 0 Å². The standard InChI is InChI=1S/C12H16N6/c1-2-10(14-3-1)17-11-8-12(16-9-15-11)18-6-4-13-5-7-18/h1-3,8-9,13-14H,4-7H2,(H,15,16,17). The van der Waals surface area contributed by atoms with Crippen LogP contribution in [-0.2, 0) is 0 Å². The van der Waals surface area contributed by atoms with Crippen LogP contribution in [0.5, 0.6) is 0 Å². The molecule has 0 atom stereocenters. The molecule has 3 heterocycles. The lowest BCUT2D eigenvalue weighted by Crippen LogP contribution is -2.43. The molecule has 6 heteroatoms. The summed E-state index contributed by atoms with van der Waals surface area (Å²) < 4.78 is 0. The van der Waals surface area contributed by atoms with E-state index in [1.54, 1.807) is 6.33 Å². The minimum absolute atomic E-state index is 0.806. The Hall–Kier alpha value is -2.08. The number of hydrogen-bond acceptors (Lipinski definition) is 5. The van der Waals surface area contributed by atoms with Gasteiger partial charge in [-0.3, -0.25) is 0 Å². The molecule has 1 aliphatic rings. The lowest BCUT2D eigenvalue weighted by atomic mass is 10.3. The number of nitrogens with zero attached hydrogens (tertiary/aromatic N) is 3. The number of H-pyrrole nitrogens is 1. The molecule has 0 radical (unpaired) electrons. The van der Waals surface area contributed by atoms with E-state index in [1.807, 2.05) is 24.4 Å². The van der Waals surface area contributed by atoms with E-state index >= 15 is 0 Å². The number of rotatable bonds is 3. The molecule has 1 fully saturated rings. The Labute approximate surface area is 105 Å². The number of nitrogens with one attached hydrogen (secondary N) is 3. The molecule has 18 heavy (non-hydrogen) atoms. The zero-order valence-corrected chi connectivity index (χ0v) is 10.1. The summed E-state index contributed by atoms with van der Waals surface area (Å²) in [5, 5.41) is 6.54. The second-order valence-corrected chi connectivity index (χ2v) is 4.21. The first-order valence-corrected chi connectivity index (χ1v) is 6.10. The van der Waals surface area contributed by atoms with E-state index in [9.17, 15) is 0 Å². The van der Waals surface area contributed by atoms with Gasteiger partial charge in [-0.2, -0.15) is 0 Å². The Kier molecular flexibility index (Phi) is 3.10. The van der Waals surface area contributed by atoms with Crippen molar-refractivity contribution in [2.45, 2.75) is 0 Å². The molecule has 0 unspecified atom stereocenters. The van der Waals surface area contributed by atoms with Crippen LogP contribution in [0.15, 0.2) is 30.7 Å². The molecule has 94 valence electrons. The zero-order chi connectivity index (χ0) is 12.2. The third kappa shape index (κ3) is 2.43. The van der Waals surface area contributed by atoms with E-state index < -0.39 is 0 Å². The summed E-state index contributed by atoms with van der Waals surface area (Å²) >= 11 is 0. The summed E-state index contributed by atoms with van der Waals surface area (Å²) in [6.45, 7) is 3.98. The van der Waals surface area contributed by atoms with Crippen LogP contribution in [0.1, 0.15) is 0 Å². The number of hydrogen-bond donors (Lipinski definition) is 3. The molecule has 0 spiro atoms. The number of aromatic nitrogens is 3. The van der Waals surface area contributed by atoms with Crippen LogP contribution in [0.3, 0.4) is 0 Å². The SMILES string of the molecule is c1c[nH]c(Nc2cc(N3CCNCC3)ncn2)c1. The Morgan fingerprint density at radius 1 is 1.22 bits per heavy atom. The van der Waals surface area contributed by atoms with E-state index in [4.69, 9.17) is 0 Å². The van der Waals surface area contributed by atoms with Gasteiger partial charge in [-0.05, 0) is 12.1 Å². The van der Waals surface area contributed by atoms with Gasteiger partial charge < -0.3 is 20.5 Å². The molecule has 1 aliphatic heterocycles. The Balaban J connectivity index is 1.76. The van der Waals surface area contributed by atoms with Gasteiger partial charge in [-0.1, -0.05) is 0 Å². The largest absolute Gasteiger partial charge is 0.354 e. The minimum atomic E-state index is 0.806. The molecule has 3 N–H and O–H groups in total. The smallest absolute Gasteiger partial charge is 0.136 e. The Morgan fingerprint density at radius 3 is 2.89 bits per heavy atom. The lowest BCUT2D eigenvalue weighted by Gasteiger charge is -2.28. The van der Waals surface area contributed by atoms with Crippen molar-refractivity contribution >= 4 is 17.5 Å². The van der Waals surface area contributed by atoms with Crippen molar-refractivity contribution in [1.29, 1.82) is 0 Å². The van der Waals surface area contributed by atoms with Crippen LogP contribution in [0.2, 0.25) is 0 Å². The van der Waals surface area contributed by atoms with Gasteiger partial charge in [0.2, 0.25) is 0 Å². The molecular formula is C12H16N6. The van der Waals surface area contributed by atoms with Gasteiger partial charge in [0.15, 0.2) is 0 Å². The normalized spacial score (nSPS) is 15.7. The molecule has 0 amide bonds. The third-order valence-corrected chi connectivity index (χ3v) is 2.95. The fourth-order valence-electron chi connectivity index (χ4n) is 2.03. The molecule has 0 aliphatic carbocycles. The van der Waals surface area contributed by atoms with Crippen molar-refractivity contribution in [3.05, 3.63) is 30.7 Å². The van der Waals surface area contributed by atoms with Crippen LogP contribution in [0, 0.1) is 0 Å². The third-order valence-electron chi connectivity index (χ3n) is 2.95. The number of piperazine rings is 1. The number of aromatic amines is 1. The first-order valence-electron chi connectivity index (χ1n) is 6.10. The van der Waals surface area contributed by atoms with Gasteiger partial charge in [-0.25, -0.2) is 9.97 Å². The molecular weight excluding hydrogens is 228 g/mol. The van der Waals surface area contributed by atoms with Crippen molar-refractivity contribution in [3.63, 3.8) is 0 Å². The summed E-state index contributed by atoms with van der Waals surface area (Å²) in [7, 11) is 0. The molecule has 0 aromatic carbocycles. The lowest BCUT2D eigenvalue weighted by molar-refractivity contribution is 0.584. The van der Waals surface area contributed by atoms with Crippen LogP contribution < -0.4 is 15.5 Å². The second kappa shape index (κ2) is 5.05. The molecule has 2 aromatic rings. The van der Waals surface area contributed by atoms with Crippen LogP contribution in [-0.4, -0.2) is 41.1 Å². The fourth-order valence-corrected chi connectivity index (χ4v) is 2.03. The molecule has 3 rings (SSSR count). The first kappa shape index (κ1) is 11.0. The second-order valence-electron chi connectivity index (χ2n) is 4.21. The van der Waals surface area contributed by atoms with Gasteiger partial charge in [-0.15, -0.1) is 0 Å². The number of anilines is 3. The molecule has 0 saturated carbocycles. The van der Waals surface area contributed by atoms with Gasteiger partial charge in [0, 0.05) is 38.4 Å². The van der Waals surface area contributed by atoms with Gasteiger partial charge in [0.25, 0.3) is 0 Å². The van der Waals surface area contributed by atoms with Crippen molar-refractivity contribution in [2.24, 2.45) is 0 Å².